The number of nitro benzene ring substituents is 1. The summed E-state index contributed by atoms with van der Waals surface area (Å²) >= 11 is 0. The number of nitrogens with zero attached hydrogens (tertiary/aromatic N) is 4. The molecule has 1 aliphatic rings. The van der Waals surface area contributed by atoms with E-state index >= 15 is 0 Å². The Morgan fingerprint density at radius 3 is 2.49 bits per heavy atom. The van der Waals surface area contributed by atoms with Gasteiger partial charge < -0.3 is 25.7 Å². The van der Waals surface area contributed by atoms with Crippen molar-refractivity contribution in [1.29, 1.82) is 0 Å². The van der Waals surface area contributed by atoms with E-state index in [1.54, 1.807) is 35.5 Å². The van der Waals surface area contributed by atoms with Gasteiger partial charge in [0.05, 0.1) is 23.7 Å². The minimum absolute atomic E-state index is 0.0910. The van der Waals surface area contributed by atoms with Crippen molar-refractivity contribution < 1.29 is 25.3 Å². The van der Waals surface area contributed by atoms with Crippen LogP contribution in [0.1, 0.15) is 11.1 Å². The van der Waals surface area contributed by atoms with Gasteiger partial charge in [-0.25, -0.2) is 9.97 Å². The first-order valence-electron chi connectivity index (χ1n) is 11.1. The van der Waals surface area contributed by atoms with Gasteiger partial charge in [-0.1, -0.05) is 24.3 Å². The van der Waals surface area contributed by atoms with E-state index in [1.165, 1.54) is 6.07 Å². The molecule has 184 valence electrons. The van der Waals surface area contributed by atoms with Crippen molar-refractivity contribution in [3.05, 3.63) is 82.2 Å². The van der Waals surface area contributed by atoms with Crippen molar-refractivity contribution in [2.24, 2.45) is 0 Å². The number of aliphatic hydroxyl groups is 4. The first-order chi connectivity index (χ1) is 16.9. The second kappa shape index (κ2) is 10.8. The molecule has 11 heteroatoms. The highest BCUT2D eigenvalue weighted by Crippen LogP contribution is 2.30. The van der Waals surface area contributed by atoms with E-state index in [0.717, 1.165) is 11.1 Å². The second-order valence-corrected chi connectivity index (χ2v) is 8.46. The van der Waals surface area contributed by atoms with Crippen LogP contribution >= 0.6 is 0 Å². The maximum atomic E-state index is 11.7. The number of piperidine rings is 1. The first-order valence-corrected chi connectivity index (χ1v) is 11.1. The van der Waals surface area contributed by atoms with Crippen molar-refractivity contribution in [3.8, 4) is 11.4 Å². The van der Waals surface area contributed by atoms with E-state index in [0.29, 0.717) is 30.2 Å². The van der Waals surface area contributed by atoms with Crippen LogP contribution in [-0.2, 0) is 13.1 Å². The number of β-amino-alcohol motifs (C(OH)–C–C–N with tert-alkyl or cyclic N) is 1. The minimum Gasteiger partial charge on any atom is -0.395 e. The quantitative estimate of drug-likeness (QED) is 0.231. The summed E-state index contributed by atoms with van der Waals surface area (Å²) in [4.78, 5) is 21.2. The summed E-state index contributed by atoms with van der Waals surface area (Å²) in [5, 5.41) is 54.6. The second-order valence-electron chi connectivity index (χ2n) is 8.46. The fourth-order valence-electron chi connectivity index (χ4n) is 4.25. The standard InChI is InChI=1S/C24H27N5O6/c30-14-20-22(32)23(33)21(31)13-28(20)12-16-4-1-3-15(9-16)11-27-18-6-5-17(10-19(18)29(34)35)24-25-7-2-8-26-24/h1-10,20-23,27,30-33H,11-14H2/t20-,21+,22-,23-/m1/s1. The van der Waals surface area contributed by atoms with Gasteiger partial charge in [-0.05, 0) is 29.3 Å². The summed E-state index contributed by atoms with van der Waals surface area (Å²) in [5.41, 5.74) is 2.54. The third-order valence-corrected chi connectivity index (χ3v) is 6.09. The summed E-state index contributed by atoms with van der Waals surface area (Å²) in [6.07, 6.45) is -0.553. The van der Waals surface area contributed by atoms with E-state index < -0.39 is 29.3 Å². The Kier molecular flexibility index (Phi) is 7.63. The molecule has 4 rings (SSSR count). The zero-order chi connectivity index (χ0) is 24.9. The molecule has 0 radical (unpaired) electrons. The molecule has 0 bridgehead atoms. The molecule has 4 atom stereocenters. The minimum atomic E-state index is -1.31. The normalized spacial score (nSPS) is 22.6. The number of anilines is 1. The number of nitro groups is 1. The molecule has 5 N–H and O–H groups in total. The lowest BCUT2D eigenvalue weighted by Gasteiger charge is -2.43. The predicted octanol–water partition coefficient (Wildman–Crippen LogP) is 0.923. The molecule has 11 nitrogen and oxygen atoms in total. The molecule has 2 aromatic carbocycles. The van der Waals surface area contributed by atoms with Crippen LogP contribution < -0.4 is 5.32 Å². The van der Waals surface area contributed by atoms with Gasteiger partial charge in [0.1, 0.15) is 17.9 Å². The molecule has 0 aliphatic carbocycles. The molecular formula is C24H27N5O6. The van der Waals surface area contributed by atoms with Crippen LogP contribution in [0.3, 0.4) is 0 Å². The molecule has 1 aliphatic heterocycles. The van der Waals surface area contributed by atoms with Crippen molar-refractivity contribution >= 4 is 11.4 Å². The van der Waals surface area contributed by atoms with Gasteiger partial charge >= 0.3 is 0 Å². The van der Waals surface area contributed by atoms with Crippen molar-refractivity contribution in [2.75, 3.05) is 18.5 Å². The van der Waals surface area contributed by atoms with Crippen LogP contribution in [0.2, 0.25) is 0 Å². The molecule has 1 fully saturated rings. The van der Waals surface area contributed by atoms with Crippen LogP contribution in [0, 0.1) is 10.1 Å². The van der Waals surface area contributed by atoms with Crippen LogP contribution in [0.15, 0.2) is 60.9 Å². The maximum Gasteiger partial charge on any atom is 0.293 e. The Labute approximate surface area is 201 Å². The molecule has 35 heavy (non-hydrogen) atoms. The van der Waals surface area contributed by atoms with Gasteiger partial charge in [0, 0.05) is 43.7 Å². The van der Waals surface area contributed by atoms with Gasteiger partial charge in [-0.15, -0.1) is 0 Å². The molecule has 0 amide bonds. The first kappa shape index (κ1) is 24.6. The number of hydrogen-bond acceptors (Lipinski definition) is 10. The molecule has 0 saturated carbocycles. The lowest BCUT2D eigenvalue weighted by Crippen LogP contribution is -2.62. The van der Waals surface area contributed by atoms with E-state index in [-0.39, 0.29) is 18.8 Å². The highest BCUT2D eigenvalue weighted by molar-refractivity contribution is 5.70. The Morgan fingerprint density at radius 1 is 1.03 bits per heavy atom. The number of hydrogen-bond donors (Lipinski definition) is 5. The highest BCUT2D eigenvalue weighted by Gasteiger charge is 2.40. The highest BCUT2D eigenvalue weighted by atomic mass is 16.6. The Morgan fingerprint density at radius 2 is 1.77 bits per heavy atom. The molecule has 0 unspecified atom stereocenters. The van der Waals surface area contributed by atoms with Crippen LogP contribution in [0.4, 0.5) is 11.4 Å². The third kappa shape index (κ3) is 5.61. The summed E-state index contributed by atoms with van der Waals surface area (Å²) in [6.45, 7) is 0.407. The fourth-order valence-corrected chi connectivity index (χ4v) is 4.25. The molecule has 0 spiro atoms. The number of likely N-dealkylation sites (tertiary alicyclic amines) is 1. The number of benzene rings is 2. The lowest BCUT2D eigenvalue weighted by molar-refractivity contribution is -0.383. The van der Waals surface area contributed by atoms with Crippen LogP contribution in [-0.4, -0.2) is 77.7 Å². The summed E-state index contributed by atoms with van der Waals surface area (Å²) in [7, 11) is 0. The zero-order valence-electron chi connectivity index (χ0n) is 18.8. The Balaban J connectivity index is 1.47. The summed E-state index contributed by atoms with van der Waals surface area (Å²) in [5.74, 6) is 0.400. The molecule has 3 aromatic rings. The third-order valence-electron chi connectivity index (χ3n) is 6.09. The van der Waals surface area contributed by atoms with Crippen LogP contribution in [0.5, 0.6) is 0 Å². The van der Waals surface area contributed by atoms with Crippen LogP contribution in [0.25, 0.3) is 11.4 Å². The Hall–Kier alpha value is -3.48. The van der Waals surface area contributed by atoms with E-state index in [9.17, 15) is 30.5 Å². The van der Waals surface area contributed by atoms with Crippen molar-refractivity contribution in [3.63, 3.8) is 0 Å². The average Bonchev–Trinajstić information content (AvgIpc) is 2.87. The summed E-state index contributed by atoms with van der Waals surface area (Å²) in [6, 6.07) is 13.2. The largest absolute Gasteiger partial charge is 0.395 e. The smallest absolute Gasteiger partial charge is 0.293 e. The molecule has 1 aromatic heterocycles. The monoisotopic (exact) mass is 481 g/mol. The van der Waals surface area contributed by atoms with Gasteiger partial charge in [0.2, 0.25) is 0 Å². The Bertz CT molecular complexity index is 1160. The SMILES string of the molecule is O=[N+]([O-])c1cc(-c2ncccn2)ccc1NCc1cccc(CN2C[C@H](O)[C@@H](O)[C@H](O)[C@H]2CO)c1. The fraction of sp³-hybridized carbons (Fsp3) is 0.333. The molecular weight excluding hydrogens is 454 g/mol. The van der Waals surface area contributed by atoms with Gasteiger partial charge in [0.25, 0.3) is 5.69 Å². The van der Waals surface area contributed by atoms with E-state index in [1.807, 2.05) is 24.3 Å². The molecule has 1 saturated heterocycles. The van der Waals surface area contributed by atoms with Gasteiger partial charge in [0.15, 0.2) is 5.82 Å². The van der Waals surface area contributed by atoms with Gasteiger partial charge in [-0.2, -0.15) is 0 Å². The van der Waals surface area contributed by atoms with Crippen molar-refractivity contribution in [1.82, 2.24) is 14.9 Å². The topological polar surface area (TPSA) is 165 Å². The number of aromatic nitrogens is 2. The molecule has 2 heterocycles. The average molecular weight is 482 g/mol. The predicted molar refractivity (Wildman–Crippen MR) is 127 cm³/mol. The van der Waals surface area contributed by atoms with Gasteiger partial charge in [-0.3, -0.25) is 15.0 Å². The maximum absolute atomic E-state index is 11.7. The number of nitrogens with one attached hydrogen (secondary N) is 1. The zero-order valence-corrected chi connectivity index (χ0v) is 18.8. The number of aliphatic hydroxyl groups excluding tert-OH is 4. The van der Waals surface area contributed by atoms with Crippen molar-refractivity contribution in [2.45, 2.75) is 37.4 Å². The lowest BCUT2D eigenvalue weighted by atomic mass is 9.93. The number of rotatable bonds is 8. The van der Waals surface area contributed by atoms with E-state index in [2.05, 4.69) is 15.3 Å². The van der Waals surface area contributed by atoms with E-state index in [4.69, 9.17) is 0 Å². The summed E-state index contributed by atoms with van der Waals surface area (Å²) < 4.78 is 0.